The summed E-state index contributed by atoms with van der Waals surface area (Å²) in [6, 6.07) is 9.51. The molecular weight excluding hydrogens is 422 g/mol. The Morgan fingerprint density at radius 1 is 1.00 bits per heavy atom. The first-order chi connectivity index (χ1) is 14.6. The number of amides is 2. The van der Waals surface area contributed by atoms with Crippen molar-refractivity contribution in [1.82, 2.24) is 4.31 Å². The number of aryl methyl sites for hydroxylation is 1. The highest BCUT2D eigenvalue weighted by molar-refractivity contribution is 7.89. The van der Waals surface area contributed by atoms with Crippen LogP contribution in [0.5, 0.6) is 0 Å². The maximum absolute atomic E-state index is 12.8. The first-order valence-corrected chi connectivity index (χ1v) is 10.9. The van der Waals surface area contributed by atoms with Gasteiger partial charge in [0.1, 0.15) is 6.61 Å². The van der Waals surface area contributed by atoms with Crippen LogP contribution in [0.15, 0.2) is 41.3 Å². The van der Waals surface area contributed by atoms with E-state index in [0.717, 1.165) is 4.31 Å². The van der Waals surface area contributed by atoms with Crippen molar-refractivity contribution in [1.29, 1.82) is 0 Å². The van der Waals surface area contributed by atoms with E-state index in [1.807, 2.05) is 0 Å². The minimum absolute atomic E-state index is 0.0804. The van der Waals surface area contributed by atoms with Crippen LogP contribution in [0.4, 0.5) is 16.2 Å². The molecular formula is C21H27N3O6S. The predicted octanol–water partition coefficient (Wildman–Crippen LogP) is 3.00. The van der Waals surface area contributed by atoms with Crippen LogP contribution < -0.4 is 10.6 Å². The molecule has 2 aromatic carbocycles. The van der Waals surface area contributed by atoms with Gasteiger partial charge in [-0.15, -0.1) is 0 Å². The van der Waals surface area contributed by atoms with Crippen LogP contribution >= 0.6 is 0 Å². The molecule has 0 unspecified atom stereocenters. The summed E-state index contributed by atoms with van der Waals surface area (Å²) >= 11 is 0. The fourth-order valence-electron chi connectivity index (χ4n) is 2.67. The van der Waals surface area contributed by atoms with Gasteiger partial charge in [0.15, 0.2) is 0 Å². The van der Waals surface area contributed by atoms with Gasteiger partial charge in [-0.3, -0.25) is 10.1 Å². The Morgan fingerprint density at radius 3 is 2.26 bits per heavy atom. The maximum Gasteiger partial charge on any atom is 0.411 e. The fourth-order valence-corrected chi connectivity index (χ4v) is 3.89. The zero-order valence-corrected chi connectivity index (χ0v) is 19.0. The number of ether oxygens (including phenoxy) is 2. The zero-order valence-electron chi connectivity index (χ0n) is 18.2. The molecule has 2 amide bonds. The van der Waals surface area contributed by atoms with Crippen LogP contribution in [0.1, 0.15) is 21.5 Å². The minimum atomic E-state index is -3.71. The highest BCUT2D eigenvalue weighted by atomic mass is 32.2. The van der Waals surface area contributed by atoms with E-state index in [1.165, 1.54) is 27.3 Å². The molecule has 0 atom stereocenters. The number of nitrogens with one attached hydrogen (secondary N) is 2. The van der Waals surface area contributed by atoms with Crippen LogP contribution in [0.25, 0.3) is 0 Å². The van der Waals surface area contributed by atoms with Gasteiger partial charge in [0.05, 0.1) is 11.5 Å². The number of anilines is 2. The molecule has 2 rings (SSSR count). The van der Waals surface area contributed by atoms with Crippen LogP contribution in [0, 0.1) is 13.8 Å². The number of rotatable bonds is 8. The number of carbonyl (C=O) groups excluding carboxylic acids is 2. The summed E-state index contributed by atoms with van der Waals surface area (Å²) in [5.74, 6) is -0.474. The van der Waals surface area contributed by atoms with Crippen LogP contribution in [-0.4, -0.2) is 59.1 Å². The Hall–Kier alpha value is -2.95. The van der Waals surface area contributed by atoms with Crippen molar-refractivity contribution in [2.24, 2.45) is 0 Å². The molecule has 10 heteroatoms. The second kappa shape index (κ2) is 10.4. The number of nitrogens with zero attached hydrogens (tertiary/aromatic N) is 1. The Labute approximate surface area is 182 Å². The third kappa shape index (κ3) is 6.27. The first kappa shape index (κ1) is 24.3. The monoisotopic (exact) mass is 449 g/mol. The van der Waals surface area contributed by atoms with Crippen molar-refractivity contribution in [3.8, 4) is 0 Å². The smallest absolute Gasteiger partial charge is 0.411 e. The minimum Gasteiger partial charge on any atom is -0.447 e. The second-order valence-corrected chi connectivity index (χ2v) is 9.11. The summed E-state index contributed by atoms with van der Waals surface area (Å²) < 4.78 is 36.1. The van der Waals surface area contributed by atoms with E-state index in [2.05, 4.69) is 10.6 Å². The zero-order chi connectivity index (χ0) is 23.2. The largest absolute Gasteiger partial charge is 0.447 e. The second-order valence-electron chi connectivity index (χ2n) is 6.99. The van der Waals surface area contributed by atoms with E-state index in [1.54, 1.807) is 44.2 Å². The van der Waals surface area contributed by atoms with Gasteiger partial charge in [-0.2, -0.15) is 0 Å². The van der Waals surface area contributed by atoms with Crippen molar-refractivity contribution in [3.05, 3.63) is 53.1 Å². The maximum atomic E-state index is 12.8. The molecule has 0 bridgehead atoms. The van der Waals surface area contributed by atoms with Gasteiger partial charge in [0.2, 0.25) is 10.0 Å². The molecule has 31 heavy (non-hydrogen) atoms. The van der Waals surface area contributed by atoms with Gasteiger partial charge in [0, 0.05) is 38.1 Å². The molecule has 0 aliphatic rings. The number of hydrogen-bond acceptors (Lipinski definition) is 6. The average molecular weight is 450 g/mol. The van der Waals surface area contributed by atoms with E-state index >= 15 is 0 Å². The predicted molar refractivity (Wildman–Crippen MR) is 118 cm³/mol. The van der Waals surface area contributed by atoms with E-state index in [9.17, 15) is 18.0 Å². The third-order valence-corrected chi connectivity index (χ3v) is 6.47. The molecule has 0 fully saturated rings. The van der Waals surface area contributed by atoms with Crippen molar-refractivity contribution in [2.45, 2.75) is 18.7 Å². The fraction of sp³-hybridized carbons (Fsp3) is 0.333. The van der Waals surface area contributed by atoms with Gasteiger partial charge < -0.3 is 14.8 Å². The third-order valence-electron chi connectivity index (χ3n) is 4.53. The highest BCUT2D eigenvalue weighted by Crippen LogP contribution is 2.24. The summed E-state index contributed by atoms with van der Waals surface area (Å²) in [6.45, 7) is 3.85. The molecule has 0 radical (unpaired) electrons. The van der Waals surface area contributed by atoms with Crippen molar-refractivity contribution in [2.75, 3.05) is 45.1 Å². The molecule has 0 aliphatic heterocycles. The molecule has 0 aromatic heterocycles. The Balaban J connectivity index is 2.21. The number of benzene rings is 2. The highest BCUT2D eigenvalue weighted by Gasteiger charge is 2.23. The van der Waals surface area contributed by atoms with Gasteiger partial charge in [0.25, 0.3) is 5.91 Å². The van der Waals surface area contributed by atoms with Crippen LogP contribution in [0.3, 0.4) is 0 Å². The molecule has 2 N–H and O–H groups in total. The summed E-state index contributed by atoms with van der Waals surface area (Å²) in [7, 11) is 0.676. The lowest BCUT2D eigenvalue weighted by Crippen LogP contribution is -2.24. The molecule has 0 saturated carbocycles. The molecule has 2 aromatic rings. The van der Waals surface area contributed by atoms with Crippen LogP contribution in [0.2, 0.25) is 0 Å². The summed E-state index contributed by atoms with van der Waals surface area (Å²) in [5, 5.41) is 5.28. The van der Waals surface area contributed by atoms with Gasteiger partial charge in [-0.25, -0.2) is 17.5 Å². The Kier molecular flexibility index (Phi) is 8.14. The Morgan fingerprint density at radius 2 is 1.65 bits per heavy atom. The standard InChI is InChI=1S/C21H27N3O6S/c1-14-11-16(12-19(15(14)2)31(27,28)24(3)4)20(25)22-17-7-6-8-18(13-17)23-21(26)30-10-9-29-5/h6-8,11-13H,9-10H2,1-5H3,(H,22,25)(H,23,26). The van der Waals surface area contributed by atoms with E-state index in [4.69, 9.17) is 9.47 Å². The number of carbonyl (C=O) groups is 2. The quantitative estimate of drug-likeness (QED) is 0.599. The molecule has 0 spiro atoms. The summed E-state index contributed by atoms with van der Waals surface area (Å²) in [5.41, 5.74) is 2.33. The van der Waals surface area contributed by atoms with E-state index < -0.39 is 22.0 Å². The van der Waals surface area contributed by atoms with E-state index in [0.29, 0.717) is 22.5 Å². The average Bonchev–Trinajstić information content (AvgIpc) is 2.70. The lowest BCUT2D eigenvalue weighted by atomic mass is 10.1. The van der Waals surface area contributed by atoms with Gasteiger partial charge >= 0.3 is 6.09 Å². The lowest BCUT2D eigenvalue weighted by molar-refractivity contribution is 0.102. The SMILES string of the molecule is COCCOC(=O)Nc1cccc(NC(=O)c2cc(C)c(C)c(S(=O)(=O)N(C)C)c2)c1. The number of sulfonamides is 1. The van der Waals surface area contributed by atoms with E-state index in [-0.39, 0.29) is 23.7 Å². The van der Waals surface area contributed by atoms with Crippen molar-refractivity contribution in [3.63, 3.8) is 0 Å². The Bertz CT molecular complexity index is 1070. The molecule has 0 heterocycles. The van der Waals surface area contributed by atoms with Gasteiger partial charge in [-0.05, 0) is 55.3 Å². The topological polar surface area (TPSA) is 114 Å². The van der Waals surface area contributed by atoms with Crippen LogP contribution in [-0.2, 0) is 19.5 Å². The lowest BCUT2D eigenvalue weighted by Gasteiger charge is -2.16. The summed E-state index contributed by atoms with van der Waals surface area (Å²) in [6.07, 6.45) is -0.645. The normalized spacial score (nSPS) is 11.3. The summed E-state index contributed by atoms with van der Waals surface area (Å²) in [4.78, 5) is 24.6. The molecule has 168 valence electrons. The van der Waals surface area contributed by atoms with Gasteiger partial charge in [-0.1, -0.05) is 6.07 Å². The van der Waals surface area contributed by atoms with Crippen molar-refractivity contribution >= 4 is 33.4 Å². The first-order valence-electron chi connectivity index (χ1n) is 9.44. The number of methoxy groups -OCH3 is 1. The molecule has 0 aliphatic carbocycles. The molecule has 9 nitrogen and oxygen atoms in total. The number of hydrogen-bond donors (Lipinski definition) is 2. The molecule has 0 saturated heterocycles. The van der Waals surface area contributed by atoms with Crippen molar-refractivity contribution < 1.29 is 27.5 Å².